The molecule has 3 N–H and O–H groups in total. The zero-order valence-corrected chi connectivity index (χ0v) is 10.9. The van der Waals surface area contributed by atoms with E-state index in [9.17, 15) is 19.7 Å². The molecule has 0 unspecified atom stereocenters. The Kier molecular flexibility index (Phi) is 6.08. The summed E-state index contributed by atoms with van der Waals surface area (Å²) in [6, 6.07) is 4.04. The minimum atomic E-state index is -1.27. The number of ether oxygens (including phenoxy) is 1. The second-order valence-electron chi connectivity index (χ2n) is 4.01. The number of aliphatic hydroxyl groups is 1. The van der Waals surface area contributed by atoms with E-state index < -0.39 is 29.4 Å². The Morgan fingerprint density at radius 3 is 2.71 bits per heavy atom. The summed E-state index contributed by atoms with van der Waals surface area (Å²) >= 11 is 0. The van der Waals surface area contributed by atoms with E-state index >= 15 is 0 Å². The zero-order chi connectivity index (χ0) is 15.8. The number of carboxylic acids is 1. The highest BCUT2D eigenvalue weighted by Gasteiger charge is 2.19. The van der Waals surface area contributed by atoms with Crippen LogP contribution in [0.5, 0.6) is 5.75 Å². The van der Waals surface area contributed by atoms with E-state index in [2.05, 4.69) is 5.32 Å². The number of carbonyl (C=O) groups is 2. The Morgan fingerprint density at radius 1 is 1.43 bits per heavy atom. The second-order valence-corrected chi connectivity index (χ2v) is 4.01. The Bertz CT molecular complexity index is 532. The van der Waals surface area contributed by atoms with Crippen molar-refractivity contribution in [2.24, 2.45) is 0 Å². The van der Waals surface area contributed by atoms with E-state index in [-0.39, 0.29) is 24.5 Å². The molecule has 1 atom stereocenters. The van der Waals surface area contributed by atoms with Gasteiger partial charge in [0.15, 0.2) is 6.61 Å². The molecule has 1 aromatic carbocycles. The van der Waals surface area contributed by atoms with Crippen LogP contribution in [0.4, 0.5) is 5.69 Å². The van der Waals surface area contributed by atoms with E-state index in [1.54, 1.807) is 0 Å². The highest BCUT2D eigenvalue weighted by Crippen LogP contribution is 2.18. The molecule has 0 saturated heterocycles. The summed E-state index contributed by atoms with van der Waals surface area (Å²) in [6.07, 6.45) is -0.127. The third-order valence-electron chi connectivity index (χ3n) is 2.45. The summed E-state index contributed by atoms with van der Waals surface area (Å²) in [5, 5.41) is 30.2. The molecule has 0 aliphatic rings. The molecule has 1 aromatic rings. The van der Waals surface area contributed by atoms with Crippen LogP contribution in [0.15, 0.2) is 24.3 Å². The first-order valence-corrected chi connectivity index (χ1v) is 5.94. The number of non-ortho nitro benzene ring substituents is 1. The van der Waals surface area contributed by atoms with Gasteiger partial charge in [-0.05, 0) is 6.07 Å². The van der Waals surface area contributed by atoms with Crippen LogP contribution in [0.2, 0.25) is 0 Å². The van der Waals surface area contributed by atoms with Crippen molar-refractivity contribution in [3.05, 3.63) is 34.4 Å². The number of carbonyl (C=O) groups excluding carboxylic acids is 1. The van der Waals surface area contributed by atoms with Gasteiger partial charge in [-0.3, -0.25) is 14.9 Å². The van der Waals surface area contributed by atoms with E-state index in [1.807, 2.05) is 0 Å². The highest BCUT2D eigenvalue weighted by atomic mass is 16.6. The lowest BCUT2D eigenvalue weighted by Gasteiger charge is -2.13. The molecule has 9 heteroatoms. The molecular weight excluding hydrogens is 284 g/mol. The number of rotatable bonds is 8. The quantitative estimate of drug-likeness (QED) is 0.450. The number of aliphatic hydroxyl groups excluding tert-OH is 1. The van der Waals surface area contributed by atoms with E-state index in [0.717, 1.165) is 6.07 Å². The Morgan fingerprint density at radius 2 is 2.14 bits per heavy atom. The summed E-state index contributed by atoms with van der Waals surface area (Å²) < 4.78 is 5.05. The van der Waals surface area contributed by atoms with Gasteiger partial charge in [-0.25, -0.2) is 4.79 Å². The van der Waals surface area contributed by atoms with E-state index in [1.165, 1.54) is 18.2 Å². The SMILES string of the molecule is O=C(COc1cccc([N+](=O)[O-])c1)N[C@@H](CCO)C(=O)O. The van der Waals surface area contributed by atoms with Crippen LogP contribution in [0.1, 0.15) is 6.42 Å². The summed E-state index contributed by atoms with van der Waals surface area (Å²) in [7, 11) is 0. The van der Waals surface area contributed by atoms with Crippen molar-refractivity contribution in [1.82, 2.24) is 5.32 Å². The third-order valence-corrected chi connectivity index (χ3v) is 2.45. The highest BCUT2D eigenvalue weighted by molar-refractivity contribution is 5.84. The van der Waals surface area contributed by atoms with Crippen LogP contribution in [0.25, 0.3) is 0 Å². The number of nitro groups is 1. The van der Waals surface area contributed by atoms with Crippen molar-refractivity contribution in [2.45, 2.75) is 12.5 Å². The first-order valence-electron chi connectivity index (χ1n) is 5.94. The Hall–Kier alpha value is -2.68. The summed E-state index contributed by atoms with van der Waals surface area (Å²) in [6.45, 7) is -0.876. The predicted octanol–water partition coefficient (Wildman–Crippen LogP) is -0.0746. The van der Waals surface area contributed by atoms with Gasteiger partial charge < -0.3 is 20.3 Å². The van der Waals surface area contributed by atoms with Gasteiger partial charge in [0.25, 0.3) is 11.6 Å². The van der Waals surface area contributed by atoms with Crippen molar-refractivity contribution in [3.8, 4) is 5.75 Å². The molecule has 1 amide bonds. The molecule has 21 heavy (non-hydrogen) atoms. The number of amides is 1. The minimum Gasteiger partial charge on any atom is -0.484 e. The fraction of sp³-hybridized carbons (Fsp3) is 0.333. The predicted molar refractivity (Wildman–Crippen MR) is 69.9 cm³/mol. The average Bonchev–Trinajstić information content (AvgIpc) is 2.45. The van der Waals surface area contributed by atoms with Crippen LogP contribution < -0.4 is 10.1 Å². The van der Waals surface area contributed by atoms with Crippen molar-refractivity contribution < 1.29 is 29.5 Å². The number of benzene rings is 1. The molecule has 0 spiro atoms. The molecule has 1 rings (SSSR count). The van der Waals surface area contributed by atoms with E-state index in [4.69, 9.17) is 14.9 Å². The van der Waals surface area contributed by atoms with E-state index in [0.29, 0.717) is 0 Å². The fourth-order valence-corrected chi connectivity index (χ4v) is 1.46. The molecule has 0 fully saturated rings. The van der Waals surface area contributed by atoms with Gasteiger partial charge in [-0.1, -0.05) is 6.07 Å². The molecule has 0 radical (unpaired) electrons. The van der Waals surface area contributed by atoms with Gasteiger partial charge >= 0.3 is 5.97 Å². The zero-order valence-electron chi connectivity index (χ0n) is 10.9. The normalized spacial score (nSPS) is 11.5. The molecule has 0 aliphatic heterocycles. The van der Waals surface area contributed by atoms with Crippen LogP contribution in [-0.4, -0.2) is 46.3 Å². The number of hydrogen-bond acceptors (Lipinski definition) is 6. The van der Waals surface area contributed by atoms with Gasteiger partial charge in [0.05, 0.1) is 11.0 Å². The van der Waals surface area contributed by atoms with Crippen molar-refractivity contribution in [2.75, 3.05) is 13.2 Å². The summed E-state index contributed by atoms with van der Waals surface area (Å²) in [5.41, 5.74) is -0.184. The molecule has 0 aromatic heterocycles. The molecule has 0 heterocycles. The maximum absolute atomic E-state index is 11.5. The first kappa shape index (κ1) is 16.4. The number of aliphatic carboxylic acids is 1. The first-order chi connectivity index (χ1) is 9.93. The smallest absolute Gasteiger partial charge is 0.326 e. The maximum atomic E-state index is 11.5. The Balaban J connectivity index is 2.54. The minimum absolute atomic E-state index is 0.119. The van der Waals surface area contributed by atoms with Crippen LogP contribution in [0, 0.1) is 10.1 Å². The molecule has 0 saturated carbocycles. The summed E-state index contributed by atoms with van der Waals surface area (Å²) in [5.74, 6) is -1.86. The monoisotopic (exact) mass is 298 g/mol. The van der Waals surface area contributed by atoms with Crippen LogP contribution >= 0.6 is 0 Å². The van der Waals surface area contributed by atoms with Crippen LogP contribution in [-0.2, 0) is 9.59 Å². The lowest BCUT2D eigenvalue weighted by Crippen LogP contribution is -2.43. The molecule has 114 valence electrons. The van der Waals surface area contributed by atoms with Crippen LogP contribution in [0.3, 0.4) is 0 Å². The Labute approximate surface area is 119 Å². The van der Waals surface area contributed by atoms with Gasteiger partial charge in [0.1, 0.15) is 11.8 Å². The topological polar surface area (TPSA) is 139 Å². The summed E-state index contributed by atoms with van der Waals surface area (Å²) in [4.78, 5) is 32.2. The average molecular weight is 298 g/mol. The maximum Gasteiger partial charge on any atom is 0.326 e. The van der Waals surface area contributed by atoms with Gasteiger partial charge in [0.2, 0.25) is 0 Å². The lowest BCUT2D eigenvalue weighted by molar-refractivity contribution is -0.384. The second kappa shape index (κ2) is 7.80. The van der Waals surface area contributed by atoms with Crippen molar-refractivity contribution >= 4 is 17.6 Å². The number of carboxylic acid groups (broad SMARTS) is 1. The van der Waals surface area contributed by atoms with Crippen molar-refractivity contribution in [1.29, 1.82) is 0 Å². The largest absolute Gasteiger partial charge is 0.484 e. The van der Waals surface area contributed by atoms with Gasteiger partial charge in [0, 0.05) is 19.1 Å². The third kappa shape index (κ3) is 5.45. The number of nitrogens with one attached hydrogen (secondary N) is 1. The van der Waals surface area contributed by atoms with Crippen molar-refractivity contribution in [3.63, 3.8) is 0 Å². The lowest BCUT2D eigenvalue weighted by atomic mass is 10.2. The molecular formula is C12H14N2O7. The number of nitrogens with zero attached hydrogens (tertiary/aromatic N) is 1. The van der Waals surface area contributed by atoms with Gasteiger partial charge in [-0.15, -0.1) is 0 Å². The standard InChI is InChI=1S/C12H14N2O7/c15-5-4-10(12(17)18)13-11(16)7-21-9-3-1-2-8(6-9)14(19)20/h1-3,6,10,15H,4-5,7H2,(H,13,16)(H,17,18)/t10-/m0/s1. The number of nitro benzene ring substituents is 1. The molecule has 0 bridgehead atoms. The molecule has 9 nitrogen and oxygen atoms in total. The molecule has 0 aliphatic carbocycles. The number of hydrogen-bond donors (Lipinski definition) is 3. The fourth-order valence-electron chi connectivity index (χ4n) is 1.46. The van der Waals surface area contributed by atoms with Gasteiger partial charge in [-0.2, -0.15) is 0 Å².